The van der Waals surface area contributed by atoms with Gasteiger partial charge in [0.25, 0.3) is 0 Å². The van der Waals surface area contributed by atoms with Crippen molar-refractivity contribution in [2.75, 3.05) is 26.2 Å². The van der Waals surface area contributed by atoms with Crippen molar-refractivity contribution < 1.29 is 9.59 Å². The Morgan fingerprint density at radius 1 is 1.21 bits per heavy atom. The first kappa shape index (κ1) is 19.9. The fourth-order valence-corrected chi connectivity index (χ4v) is 3.42. The Balaban J connectivity index is 1.44. The van der Waals surface area contributed by atoms with E-state index in [4.69, 9.17) is 0 Å². The van der Waals surface area contributed by atoms with Gasteiger partial charge in [-0.2, -0.15) is 0 Å². The molecule has 1 aromatic carbocycles. The maximum atomic E-state index is 12.3. The average Bonchev–Trinajstić information content (AvgIpc) is 2.72. The summed E-state index contributed by atoms with van der Waals surface area (Å²) in [7, 11) is 0. The smallest absolute Gasteiger partial charge is 0.237 e. The normalized spacial score (nSPS) is 17.1. The number of hydrogen-bond donors (Lipinski definition) is 2. The Kier molecular flexibility index (Phi) is 7.49. The molecule has 28 heavy (non-hydrogen) atoms. The first-order chi connectivity index (χ1) is 13.7. The van der Waals surface area contributed by atoms with Gasteiger partial charge >= 0.3 is 0 Å². The van der Waals surface area contributed by atoms with Gasteiger partial charge in [0.1, 0.15) is 0 Å². The highest BCUT2D eigenvalue weighted by molar-refractivity contribution is 5.88. The molecule has 2 heterocycles. The lowest BCUT2D eigenvalue weighted by Gasteiger charge is -2.34. The van der Waals surface area contributed by atoms with Crippen LogP contribution in [-0.4, -0.2) is 58.9 Å². The third kappa shape index (κ3) is 6.13. The number of piperazine rings is 1. The average molecular weight is 381 g/mol. The summed E-state index contributed by atoms with van der Waals surface area (Å²) in [6.45, 7) is 2.70. The molecule has 148 valence electrons. The van der Waals surface area contributed by atoms with Crippen molar-refractivity contribution in [2.24, 2.45) is 0 Å². The number of nitrogens with one attached hydrogen (secondary N) is 2. The molecule has 1 saturated heterocycles. The first-order valence-electron chi connectivity index (χ1n) is 9.79. The zero-order chi connectivity index (χ0) is 19.6. The Morgan fingerprint density at radius 3 is 2.86 bits per heavy atom. The third-order valence-electron chi connectivity index (χ3n) is 4.89. The van der Waals surface area contributed by atoms with Gasteiger partial charge in [0.2, 0.25) is 11.8 Å². The highest BCUT2D eigenvalue weighted by atomic mass is 16.2. The van der Waals surface area contributed by atoms with Crippen LogP contribution in [0, 0.1) is 0 Å². The highest BCUT2D eigenvalue weighted by Gasteiger charge is 2.31. The molecule has 2 amide bonds. The molecule has 0 aliphatic carbocycles. The van der Waals surface area contributed by atoms with Crippen LogP contribution in [0.2, 0.25) is 0 Å². The fraction of sp³-hybridized carbons (Fsp3) is 0.429. The number of aryl methyl sites for hydroxylation is 1. The van der Waals surface area contributed by atoms with Crippen molar-refractivity contribution in [3.63, 3.8) is 0 Å². The van der Waals surface area contributed by atoms with E-state index in [0.29, 0.717) is 19.5 Å². The molecule has 1 aliphatic heterocycles. The van der Waals surface area contributed by atoms with Crippen molar-refractivity contribution in [2.45, 2.75) is 31.7 Å². The van der Waals surface area contributed by atoms with Crippen LogP contribution in [0.3, 0.4) is 0 Å². The van der Waals surface area contributed by atoms with Gasteiger partial charge in [0.15, 0.2) is 0 Å². The number of rotatable bonds is 9. The lowest BCUT2D eigenvalue weighted by atomic mass is 10.1. The molecular formula is C21H27N5O2. The summed E-state index contributed by atoms with van der Waals surface area (Å²) in [6, 6.07) is 9.92. The second kappa shape index (κ2) is 10.5. The minimum atomic E-state index is -0.402. The van der Waals surface area contributed by atoms with Crippen LogP contribution in [0.5, 0.6) is 0 Å². The largest absolute Gasteiger partial charge is 0.356 e. The molecular weight excluding hydrogens is 354 g/mol. The maximum Gasteiger partial charge on any atom is 0.237 e. The van der Waals surface area contributed by atoms with Crippen LogP contribution in [0.15, 0.2) is 48.9 Å². The van der Waals surface area contributed by atoms with E-state index in [-0.39, 0.29) is 18.2 Å². The summed E-state index contributed by atoms with van der Waals surface area (Å²) in [4.78, 5) is 35.0. The van der Waals surface area contributed by atoms with Crippen LogP contribution < -0.4 is 10.6 Å². The summed E-state index contributed by atoms with van der Waals surface area (Å²) < 4.78 is 0. The molecule has 1 unspecified atom stereocenters. The lowest BCUT2D eigenvalue weighted by molar-refractivity contribution is -0.133. The molecule has 1 fully saturated rings. The zero-order valence-corrected chi connectivity index (χ0v) is 16.0. The fourth-order valence-electron chi connectivity index (χ4n) is 3.42. The summed E-state index contributed by atoms with van der Waals surface area (Å²) in [6.07, 6.45) is 7.68. The van der Waals surface area contributed by atoms with Crippen molar-refractivity contribution in [3.8, 4) is 0 Å². The van der Waals surface area contributed by atoms with Gasteiger partial charge in [-0.1, -0.05) is 30.3 Å². The molecule has 2 aromatic rings. The van der Waals surface area contributed by atoms with E-state index in [1.54, 1.807) is 18.6 Å². The lowest BCUT2D eigenvalue weighted by Crippen LogP contribution is -2.56. The van der Waals surface area contributed by atoms with Gasteiger partial charge in [0.05, 0.1) is 18.2 Å². The van der Waals surface area contributed by atoms with Crippen molar-refractivity contribution in [1.29, 1.82) is 0 Å². The van der Waals surface area contributed by atoms with Gasteiger partial charge in [-0.15, -0.1) is 0 Å². The molecule has 3 rings (SSSR count). The SMILES string of the molecule is O=C(CC1C(=O)NCCN1CCCc1ccccc1)NCCc1cnccn1. The van der Waals surface area contributed by atoms with Crippen LogP contribution in [0.4, 0.5) is 0 Å². The minimum Gasteiger partial charge on any atom is -0.356 e. The number of carbonyl (C=O) groups excluding carboxylic acids is 2. The Labute approximate surface area is 165 Å². The quantitative estimate of drug-likeness (QED) is 0.676. The van der Waals surface area contributed by atoms with Gasteiger partial charge in [-0.3, -0.25) is 24.5 Å². The van der Waals surface area contributed by atoms with Crippen molar-refractivity contribution in [1.82, 2.24) is 25.5 Å². The second-order valence-corrected chi connectivity index (χ2v) is 6.93. The monoisotopic (exact) mass is 381 g/mol. The number of carbonyl (C=O) groups is 2. The molecule has 0 radical (unpaired) electrons. The minimum absolute atomic E-state index is 0.0602. The van der Waals surface area contributed by atoms with E-state index in [1.165, 1.54) is 5.56 Å². The van der Waals surface area contributed by atoms with E-state index in [2.05, 4.69) is 37.6 Å². The Morgan fingerprint density at radius 2 is 2.07 bits per heavy atom. The molecule has 1 aliphatic rings. The zero-order valence-electron chi connectivity index (χ0n) is 16.0. The summed E-state index contributed by atoms with van der Waals surface area (Å²) in [5, 5.41) is 5.77. The van der Waals surface area contributed by atoms with E-state index < -0.39 is 6.04 Å². The number of amides is 2. The van der Waals surface area contributed by atoms with E-state index in [0.717, 1.165) is 31.6 Å². The summed E-state index contributed by atoms with van der Waals surface area (Å²) in [5.41, 5.74) is 2.13. The molecule has 0 spiro atoms. The van der Waals surface area contributed by atoms with E-state index in [9.17, 15) is 9.59 Å². The molecule has 7 heteroatoms. The predicted molar refractivity (Wildman–Crippen MR) is 106 cm³/mol. The van der Waals surface area contributed by atoms with Gasteiger partial charge in [-0.05, 0) is 24.9 Å². The summed E-state index contributed by atoms with van der Waals surface area (Å²) >= 11 is 0. The van der Waals surface area contributed by atoms with Crippen LogP contribution in [-0.2, 0) is 22.4 Å². The Bertz CT molecular complexity index is 754. The number of nitrogens with zero attached hydrogens (tertiary/aromatic N) is 3. The molecule has 1 atom stereocenters. The Hall–Kier alpha value is -2.80. The van der Waals surface area contributed by atoms with Crippen molar-refractivity contribution in [3.05, 3.63) is 60.2 Å². The standard InChI is InChI=1S/C21H27N5O2/c27-20(24-9-8-18-16-22-10-11-23-18)15-19-21(28)25-12-14-26(19)13-4-7-17-5-2-1-3-6-17/h1-3,5-6,10-11,16,19H,4,7-9,12-15H2,(H,24,27)(H,25,28). The van der Waals surface area contributed by atoms with Crippen LogP contribution in [0.1, 0.15) is 24.1 Å². The van der Waals surface area contributed by atoms with E-state index in [1.807, 2.05) is 18.2 Å². The third-order valence-corrected chi connectivity index (χ3v) is 4.89. The number of aromatic nitrogens is 2. The summed E-state index contributed by atoms with van der Waals surface area (Å²) in [5.74, 6) is -0.172. The molecule has 1 aromatic heterocycles. The van der Waals surface area contributed by atoms with Crippen molar-refractivity contribution >= 4 is 11.8 Å². The van der Waals surface area contributed by atoms with Crippen LogP contribution in [0.25, 0.3) is 0 Å². The van der Waals surface area contributed by atoms with Gasteiger partial charge < -0.3 is 10.6 Å². The topological polar surface area (TPSA) is 87.2 Å². The first-order valence-corrected chi connectivity index (χ1v) is 9.79. The van der Waals surface area contributed by atoms with Crippen LogP contribution >= 0.6 is 0 Å². The van der Waals surface area contributed by atoms with E-state index >= 15 is 0 Å². The molecule has 0 saturated carbocycles. The highest BCUT2D eigenvalue weighted by Crippen LogP contribution is 2.11. The number of hydrogen-bond acceptors (Lipinski definition) is 5. The van der Waals surface area contributed by atoms with Gasteiger partial charge in [-0.25, -0.2) is 0 Å². The molecule has 0 bridgehead atoms. The molecule has 2 N–H and O–H groups in total. The van der Waals surface area contributed by atoms with Gasteiger partial charge in [0, 0.05) is 44.6 Å². The molecule has 7 nitrogen and oxygen atoms in total. The number of benzene rings is 1. The predicted octanol–water partition coefficient (Wildman–Crippen LogP) is 0.959. The second-order valence-electron chi connectivity index (χ2n) is 6.93. The maximum absolute atomic E-state index is 12.3.